The monoisotopic (exact) mass is 417 g/mol. The summed E-state index contributed by atoms with van der Waals surface area (Å²) >= 11 is 0. The number of nitrogens with one attached hydrogen (secondary N) is 1. The van der Waals surface area contributed by atoms with Gasteiger partial charge in [0, 0.05) is 0 Å². The number of para-hydroxylation sites is 1. The first-order valence-electron chi connectivity index (χ1n) is 10.1. The summed E-state index contributed by atoms with van der Waals surface area (Å²) < 4.78 is 7.75. The van der Waals surface area contributed by atoms with Crippen LogP contribution in [0.1, 0.15) is 23.8 Å². The number of aryl methyl sites for hydroxylation is 2. The zero-order chi connectivity index (χ0) is 22.0. The van der Waals surface area contributed by atoms with Gasteiger partial charge in [-0.3, -0.25) is 14.2 Å². The minimum Gasteiger partial charge on any atom is -0.467 e. The molecule has 1 N–H and O–H groups in total. The van der Waals surface area contributed by atoms with Crippen molar-refractivity contribution in [3.05, 3.63) is 98.6 Å². The van der Waals surface area contributed by atoms with Gasteiger partial charge < -0.3 is 9.73 Å². The van der Waals surface area contributed by atoms with Gasteiger partial charge in [0.2, 0.25) is 5.91 Å². The van der Waals surface area contributed by atoms with Crippen molar-refractivity contribution in [2.24, 2.45) is 0 Å². The molecule has 0 aliphatic carbocycles. The third-order valence-electron chi connectivity index (χ3n) is 5.25. The molecular formula is C24H23N3O4. The zero-order valence-electron chi connectivity index (χ0n) is 17.4. The van der Waals surface area contributed by atoms with Gasteiger partial charge in [-0.05, 0) is 49.2 Å². The van der Waals surface area contributed by atoms with Crippen LogP contribution in [0.5, 0.6) is 0 Å². The maximum absolute atomic E-state index is 13.5. The van der Waals surface area contributed by atoms with Gasteiger partial charge in [-0.2, -0.15) is 0 Å². The molecule has 7 nitrogen and oxygen atoms in total. The van der Waals surface area contributed by atoms with E-state index in [0.29, 0.717) is 28.8 Å². The number of aromatic nitrogens is 2. The summed E-state index contributed by atoms with van der Waals surface area (Å²) in [4.78, 5) is 39.4. The molecule has 0 spiro atoms. The first-order chi connectivity index (χ1) is 15.0. The van der Waals surface area contributed by atoms with E-state index in [0.717, 1.165) is 11.1 Å². The van der Waals surface area contributed by atoms with Crippen LogP contribution in [0.3, 0.4) is 0 Å². The second-order valence-corrected chi connectivity index (χ2v) is 7.37. The molecule has 0 aliphatic heterocycles. The average molecular weight is 417 g/mol. The molecule has 0 unspecified atom stereocenters. The molecule has 0 radical (unpaired) electrons. The lowest BCUT2D eigenvalue weighted by molar-refractivity contribution is -0.121. The molecule has 2 heterocycles. The van der Waals surface area contributed by atoms with E-state index in [4.69, 9.17) is 4.42 Å². The first-order valence-corrected chi connectivity index (χ1v) is 10.1. The lowest BCUT2D eigenvalue weighted by Gasteiger charge is -2.16. The lowest BCUT2D eigenvalue weighted by Crippen LogP contribution is -2.42. The van der Waals surface area contributed by atoms with Gasteiger partial charge in [0.1, 0.15) is 12.3 Å². The van der Waals surface area contributed by atoms with Crippen molar-refractivity contribution < 1.29 is 9.21 Å². The van der Waals surface area contributed by atoms with Crippen LogP contribution in [0.4, 0.5) is 0 Å². The number of nitrogens with zero attached hydrogens (tertiary/aromatic N) is 2. The maximum Gasteiger partial charge on any atom is 0.336 e. The van der Waals surface area contributed by atoms with Crippen molar-refractivity contribution in [2.75, 3.05) is 0 Å². The lowest BCUT2D eigenvalue weighted by atomic mass is 10.1. The van der Waals surface area contributed by atoms with Gasteiger partial charge in [0.25, 0.3) is 5.56 Å². The van der Waals surface area contributed by atoms with Gasteiger partial charge in [0.15, 0.2) is 0 Å². The van der Waals surface area contributed by atoms with E-state index in [9.17, 15) is 14.4 Å². The van der Waals surface area contributed by atoms with Crippen LogP contribution >= 0.6 is 0 Å². The summed E-state index contributed by atoms with van der Waals surface area (Å²) in [6.45, 7) is 3.86. The Morgan fingerprint density at radius 1 is 1.06 bits per heavy atom. The fourth-order valence-corrected chi connectivity index (χ4v) is 3.68. The quantitative estimate of drug-likeness (QED) is 0.523. The first kappa shape index (κ1) is 20.4. The Morgan fingerprint density at radius 2 is 1.87 bits per heavy atom. The van der Waals surface area contributed by atoms with Crippen LogP contribution in [0.2, 0.25) is 0 Å². The average Bonchev–Trinajstić information content (AvgIpc) is 3.29. The number of furan rings is 1. The van der Waals surface area contributed by atoms with Gasteiger partial charge in [-0.15, -0.1) is 0 Å². The number of hydrogen-bond acceptors (Lipinski definition) is 4. The van der Waals surface area contributed by atoms with E-state index in [1.165, 1.54) is 15.4 Å². The minimum absolute atomic E-state index is 0.215. The van der Waals surface area contributed by atoms with Crippen LogP contribution in [-0.4, -0.2) is 15.0 Å². The molecule has 4 rings (SSSR count). The second kappa shape index (κ2) is 8.47. The van der Waals surface area contributed by atoms with E-state index < -0.39 is 11.2 Å². The molecule has 0 saturated carbocycles. The van der Waals surface area contributed by atoms with Crippen molar-refractivity contribution >= 4 is 16.8 Å². The maximum atomic E-state index is 13.5. The number of carbonyl (C=O) groups is 1. The molecule has 0 saturated heterocycles. The van der Waals surface area contributed by atoms with Crippen LogP contribution in [0, 0.1) is 6.92 Å². The molecule has 0 atom stereocenters. The molecule has 2 aromatic carbocycles. The summed E-state index contributed by atoms with van der Waals surface area (Å²) in [5.74, 6) is 0.261. The molecule has 0 bridgehead atoms. The van der Waals surface area contributed by atoms with Gasteiger partial charge >= 0.3 is 5.69 Å². The number of fused-ring (bicyclic) bond motifs is 1. The van der Waals surface area contributed by atoms with Gasteiger partial charge in [0.05, 0.1) is 29.4 Å². The molecule has 2 aromatic heterocycles. The Bertz CT molecular complexity index is 1360. The van der Waals surface area contributed by atoms with Crippen molar-refractivity contribution in [3.63, 3.8) is 0 Å². The Hall–Kier alpha value is -3.87. The van der Waals surface area contributed by atoms with Crippen LogP contribution in [0.25, 0.3) is 16.6 Å². The van der Waals surface area contributed by atoms with Crippen LogP contribution in [-0.2, 0) is 24.3 Å². The van der Waals surface area contributed by atoms with E-state index in [2.05, 4.69) is 5.32 Å². The van der Waals surface area contributed by atoms with Gasteiger partial charge in [-0.25, -0.2) is 9.36 Å². The number of amides is 1. The fourth-order valence-electron chi connectivity index (χ4n) is 3.68. The highest BCUT2D eigenvalue weighted by Crippen LogP contribution is 2.15. The molecule has 0 fully saturated rings. The molecule has 1 amide bonds. The molecule has 158 valence electrons. The summed E-state index contributed by atoms with van der Waals surface area (Å²) in [7, 11) is 0. The normalized spacial score (nSPS) is 11.0. The van der Waals surface area contributed by atoms with Crippen LogP contribution < -0.4 is 16.6 Å². The van der Waals surface area contributed by atoms with E-state index in [-0.39, 0.29) is 19.0 Å². The Balaban J connectivity index is 1.85. The summed E-state index contributed by atoms with van der Waals surface area (Å²) in [5, 5.41) is 3.15. The minimum atomic E-state index is -0.546. The fraction of sp³-hybridized carbons (Fsp3) is 0.208. The SMILES string of the molecule is CCc1ccccc1-n1c(=O)c2cc(C)ccc2n(CC(=O)NCc2ccco2)c1=O. The standard InChI is InChI=1S/C24H23N3O4/c1-3-17-7-4-5-9-20(17)27-23(29)19-13-16(2)10-11-21(19)26(24(27)30)15-22(28)25-14-18-8-6-12-31-18/h4-13H,3,14-15H2,1-2H3,(H,25,28). The van der Waals surface area contributed by atoms with E-state index in [1.807, 2.05) is 32.0 Å². The Kier molecular flexibility index (Phi) is 5.58. The second-order valence-electron chi connectivity index (χ2n) is 7.37. The summed E-state index contributed by atoms with van der Waals surface area (Å²) in [6, 6.07) is 16.1. The number of carbonyl (C=O) groups excluding carboxylic acids is 1. The largest absolute Gasteiger partial charge is 0.467 e. The van der Waals surface area contributed by atoms with E-state index in [1.54, 1.807) is 36.4 Å². The Labute approximate surface area is 178 Å². The highest BCUT2D eigenvalue weighted by atomic mass is 16.3. The number of hydrogen-bond donors (Lipinski definition) is 1. The highest BCUT2D eigenvalue weighted by Gasteiger charge is 2.18. The van der Waals surface area contributed by atoms with Gasteiger partial charge in [-0.1, -0.05) is 36.8 Å². The van der Waals surface area contributed by atoms with Crippen molar-refractivity contribution in [2.45, 2.75) is 33.4 Å². The predicted molar refractivity (Wildman–Crippen MR) is 118 cm³/mol. The Morgan fingerprint density at radius 3 is 2.61 bits per heavy atom. The van der Waals surface area contributed by atoms with Crippen molar-refractivity contribution in [1.82, 2.24) is 14.5 Å². The molecule has 7 heteroatoms. The third-order valence-corrected chi connectivity index (χ3v) is 5.25. The van der Waals surface area contributed by atoms with Crippen molar-refractivity contribution in [1.29, 1.82) is 0 Å². The number of rotatable bonds is 6. The topological polar surface area (TPSA) is 86.2 Å². The highest BCUT2D eigenvalue weighted by molar-refractivity contribution is 5.82. The summed E-state index contributed by atoms with van der Waals surface area (Å²) in [5.41, 5.74) is 1.80. The van der Waals surface area contributed by atoms with E-state index >= 15 is 0 Å². The zero-order valence-corrected chi connectivity index (χ0v) is 17.4. The smallest absolute Gasteiger partial charge is 0.336 e. The van der Waals surface area contributed by atoms with Crippen molar-refractivity contribution in [3.8, 4) is 5.69 Å². The molecular weight excluding hydrogens is 394 g/mol. The molecule has 4 aromatic rings. The summed E-state index contributed by atoms with van der Waals surface area (Å²) in [6.07, 6.45) is 2.19. The third kappa shape index (κ3) is 3.94. The van der Waals surface area contributed by atoms with Crippen LogP contribution in [0.15, 0.2) is 74.9 Å². The number of benzene rings is 2. The molecule has 31 heavy (non-hydrogen) atoms. The molecule has 0 aliphatic rings. The predicted octanol–water partition coefficient (Wildman–Crippen LogP) is 2.93.